The lowest BCUT2D eigenvalue weighted by atomic mass is 10.1. The van der Waals surface area contributed by atoms with Gasteiger partial charge in [0.15, 0.2) is 0 Å². The third kappa shape index (κ3) is 2.31. The van der Waals surface area contributed by atoms with Crippen LogP contribution in [0.2, 0.25) is 0 Å². The van der Waals surface area contributed by atoms with Crippen LogP contribution in [0.1, 0.15) is 0 Å². The Balaban J connectivity index is 3.94. The SMILES string of the molecule is C=C(CO)C(O)C(=C)CO. The van der Waals surface area contributed by atoms with E-state index in [0.29, 0.717) is 0 Å². The number of rotatable bonds is 4. The maximum atomic E-state index is 9.07. The van der Waals surface area contributed by atoms with Gasteiger partial charge in [0, 0.05) is 0 Å². The summed E-state index contributed by atoms with van der Waals surface area (Å²) in [5.74, 6) is 0. The highest BCUT2D eigenvalue weighted by Gasteiger charge is 2.09. The van der Waals surface area contributed by atoms with E-state index >= 15 is 0 Å². The van der Waals surface area contributed by atoms with Crippen LogP contribution in [0.15, 0.2) is 24.3 Å². The highest BCUT2D eigenvalue weighted by atomic mass is 16.3. The molecule has 0 saturated heterocycles. The second-order valence-corrected chi connectivity index (χ2v) is 2.04. The van der Waals surface area contributed by atoms with Gasteiger partial charge >= 0.3 is 0 Å². The summed E-state index contributed by atoms with van der Waals surface area (Å²) in [6, 6.07) is 0. The molecule has 3 heteroatoms. The Morgan fingerprint density at radius 2 is 1.40 bits per heavy atom. The molecule has 0 unspecified atom stereocenters. The molecule has 0 radical (unpaired) electrons. The fourth-order valence-electron chi connectivity index (χ4n) is 0.462. The molecule has 0 bridgehead atoms. The Morgan fingerprint density at radius 3 is 1.60 bits per heavy atom. The minimum Gasteiger partial charge on any atom is -0.392 e. The summed E-state index contributed by atoms with van der Waals surface area (Å²) >= 11 is 0. The molecule has 0 aromatic rings. The van der Waals surface area contributed by atoms with Crippen molar-refractivity contribution < 1.29 is 15.3 Å². The summed E-state index contributed by atoms with van der Waals surface area (Å²) in [6.07, 6.45) is -0.991. The van der Waals surface area contributed by atoms with E-state index < -0.39 is 6.10 Å². The van der Waals surface area contributed by atoms with E-state index in [-0.39, 0.29) is 24.4 Å². The summed E-state index contributed by atoms with van der Waals surface area (Å²) in [5, 5.41) is 26.0. The Bertz CT molecular complexity index is 124. The van der Waals surface area contributed by atoms with Gasteiger partial charge in [-0.1, -0.05) is 13.2 Å². The molecule has 0 amide bonds. The van der Waals surface area contributed by atoms with Gasteiger partial charge < -0.3 is 15.3 Å². The Labute approximate surface area is 59.9 Å². The van der Waals surface area contributed by atoms with Crippen LogP contribution >= 0.6 is 0 Å². The average Bonchev–Trinajstić information content (AvgIpc) is 2.00. The quantitative estimate of drug-likeness (QED) is 0.464. The van der Waals surface area contributed by atoms with Crippen molar-refractivity contribution in [3.63, 3.8) is 0 Å². The highest BCUT2D eigenvalue weighted by Crippen LogP contribution is 2.06. The normalized spacial score (nSPS) is 10.0. The predicted molar refractivity (Wildman–Crippen MR) is 38.5 cm³/mol. The van der Waals surface area contributed by atoms with E-state index in [1.807, 2.05) is 0 Å². The first-order valence-electron chi connectivity index (χ1n) is 2.88. The summed E-state index contributed by atoms with van der Waals surface area (Å²) < 4.78 is 0. The minimum atomic E-state index is -0.991. The molecule has 0 atom stereocenters. The second-order valence-electron chi connectivity index (χ2n) is 2.04. The molecule has 0 aromatic carbocycles. The molecule has 0 aliphatic carbocycles. The van der Waals surface area contributed by atoms with Crippen LogP contribution in [-0.2, 0) is 0 Å². The van der Waals surface area contributed by atoms with Gasteiger partial charge in [-0.3, -0.25) is 0 Å². The summed E-state index contributed by atoms with van der Waals surface area (Å²) in [7, 11) is 0. The molecule has 58 valence electrons. The first-order valence-corrected chi connectivity index (χ1v) is 2.88. The van der Waals surface area contributed by atoms with Crippen LogP contribution in [0.4, 0.5) is 0 Å². The van der Waals surface area contributed by atoms with Crippen molar-refractivity contribution in [3.05, 3.63) is 24.3 Å². The van der Waals surface area contributed by atoms with E-state index in [1.54, 1.807) is 0 Å². The Kier molecular flexibility index (Phi) is 3.95. The Morgan fingerprint density at radius 1 is 1.10 bits per heavy atom. The molecule has 0 heterocycles. The molecule has 3 nitrogen and oxygen atoms in total. The molecule has 10 heavy (non-hydrogen) atoms. The number of aliphatic hydroxyl groups excluding tert-OH is 3. The summed E-state index contributed by atoms with van der Waals surface area (Å²) in [5.41, 5.74) is 0.498. The van der Waals surface area contributed by atoms with Crippen molar-refractivity contribution >= 4 is 0 Å². The zero-order chi connectivity index (χ0) is 8.15. The molecule has 0 rings (SSSR count). The van der Waals surface area contributed by atoms with Gasteiger partial charge in [0.05, 0.1) is 19.3 Å². The molecule has 0 aromatic heterocycles. The lowest BCUT2D eigenvalue weighted by molar-refractivity contribution is 0.197. The van der Waals surface area contributed by atoms with Crippen LogP contribution < -0.4 is 0 Å². The maximum Gasteiger partial charge on any atom is 0.0999 e. The molecule has 0 aliphatic rings. The molecule has 0 aliphatic heterocycles. The van der Waals surface area contributed by atoms with Gasteiger partial charge in [-0.05, 0) is 11.1 Å². The van der Waals surface area contributed by atoms with Gasteiger partial charge in [-0.15, -0.1) is 0 Å². The molecular formula is C7H12O3. The fourth-order valence-corrected chi connectivity index (χ4v) is 0.462. The predicted octanol–water partition coefficient (Wildman–Crippen LogP) is -0.556. The lowest BCUT2D eigenvalue weighted by Gasteiger charge is -2.11. The van der Waals surface area contributed by atoms with Crippen molar-refractivity contribution in [2.75, 3.05) is 13.2 Å². The molecule has 0 saturated carbocycles. The molecular weight excluding hydrogens is 132 g/mol. The molecule has 3 N–H and O–H groups in total. The van der Waals surface area contributed by atoms with Crippen molar-refractivity contribution in [2.24, 2.45) is 0 Å². The van der Waals surface area contributed by atoms with E-state index in [9.17, 15) is 0 Å². The van der Waals surface area contributed by atoms with Crippen molar-refractivity contribution in [1.82, 2.24) is 0 Å². The van der Waals surface area contributed by atoms with Gasteiger partial charge in [0.25, 0.3) is 0 Å². The lowest BCUT2D eigenvalue weighted by Crippen LogP contribution is -2.16. The second kappa shape index (κ2) is 4.22. The van der Waals surface area contributed by atoms with Crippen molar-refractivity contribution in [2.45, 2.75) is 6.10 Å². The van der Waals surface area contributed by atoms with Gasteiger partial charge in [-0.2, -0.15) is 0 Å². The van der Waals surface area contributed by atoms with Gasteiger partial charge in [0.1, 0.15) is 0 Å². The zero-order valence-corrected chi connectivity index (χ0v) is 5.75. The first kappa shape index (κ1) is 9.36. The Hall–Kier alpha value is -0.640. The van der Waals surface area contributed by atoms with Crippen LogP contribution in [-0.4, -0.2) is 34.6 Å². The van der Waals surface area contributed by atoms with Gasteiger partial charge in [0.2, 0.25) is 0 Å². The topological polar surface area (TPSA) is 60.7 Å². The van der Waals surface area contributed by atoms with Crippen LogP contribution in [0.25, 0.3) is 0 Å². The number of hydrogen-bond donors (Lipinski definition) is 3. The molecule has 0 fully saturated rings. The smallest absolute Gasteiger partial charge is 0.0999 e. The number of aliphatic hydroxyl groups is 3. The maximum absolute atomic E-state index is 9.07. The minimum absolute atomic E-state index is 0.249. The highest BCUT2D eigenvalue weighted by molar-refractivity contribution is 5.18. The first-order chi connectivity index (χ1) is 4.63. The fraction of sp³-hybridized carbons (Fsp3) is 0.429. The van der Waals surface area contributed by atoms with E-state index in [0.717, 1.165) is 0 Å². The third-order valence-electron chi connectivity index (χ3n) is 1.18. The van der Waals surface area contributed by atoms with E-state index in [2.05, 4.69) is 13.2 Å². The summed E-state index contributed by atoms with van der Waals surface area (Å²) in [4.78, 5) is 0. The van der Waals surface area contributed by atoms with E-state index in [4.69, 9.17) is 15.3 Å². The summed E-state index contributed by atoms with van der Waals surface area (Å²) in [6.45, 7) is 6.16. The zero-order valence-electron chi connectivity index (χ0n) is 5.75. The van der Waals surface area contributed by atoms with Gasteiger partial charge in [-0.25, -0.2) is 0 Å². The standard InChI is InChI=1S/C7H12O3/c1-5(3-8)7(10)6(2)4-9/h7-10H,1-4H2. The largest absolute Gasteiger partial charge is 0.392 e. The van der Waals surface area contributed by atoms with Crippen molar-refractivity contribution in [3.8, 4) is 0 Å². The van der Waals surface area contributed by atoms with Crippen LogP contribution in [0.5, 0.6) is 0 Å². The van der Waals surface area contributed by atoms with Crippen molar-refractivity contribution in [1.29, 1.82) is 0 Å². The average molecular weight is 144 g/mol. The van der Waals surface area contributed by atoms with E-state index in [1.165, 1.54) is 0 Å². The van der Waals surface area contributed by atoms with Crippen LogP contribution in [0, 0.1) is 0 Å². The molecule has 0 spiro atoms. The van der Waals surface area contributed by atoms with Crippen LogP contribution in [0.3, 0.4) is 0 Å². The third-order valence-corrected chi connectivity index (χ3v) is 1.18. The number of hydrogen-bond acceptors (Lipinski definition) is 3. The monoisotopic (exact) mass is 144 g/mol.